The van der Waals surface area contributed by atoms with E-state index in [1.165, 1.54) is 6.54 Å². The first kappa shape index (κ1) is 13.2. The minimum absolute atomic E-state index is 0. The molecule has 1 unspecified atom stereocenters. The molecule has 1 fully saturated rings. The minimum atomic E-state index is 0. The molecule has 0 N–H and O–H groups in total. The van der Waals surface area contributed by atoms with E-state index in [-0.39, 0.29) is 12.4 Å². The average molecular weight is 210 g/mol. The summed E-state index contributed by atoms with van der Waals surface area (Å²) in [5.74, 6) is 0. The molecule has 4 heteroatoms. The van der Waals surface area contributed by atoms with Crippen LogP contribution < -0.4 is 12.4 Å². The summed E-state index contributed by atoms with van der Waals surface area (Å²) in [6.07, 6.45) is 1.55. The third-order valence-corrected chi connectivity index (χ3v) is 1.82. The second kappa shape index (κ2) is 5.81. The van der Waals surface area contributed by atoms with Gasteiger partial charge in [0.05, 0.1) is 47.5 Å². The van der Waals surface area contributed by atoms with Crippen molar-refractivity contribution in [3.8, 4) is 0 Å². The van der Waals surface area contributed by atoms with E-state index < -0.39 is 0 Å². The molecule has 0 aromatic carbocycles. The summed E-state index contributed by atoms with van der Waals surface area (Å²) in [5, 5.41) is 0. The van der Waals surface area contributed by atoms with Crippen molar-refractivity contribution in [3.63, 3.8) is 0 Å². The van der Waals surface area contributed by atoms with Gasteiger partial charge in [0.25, 0.3) is 0 Å². The van der Waals surface area contributed by atoms with Crippen molar-refractivity contribution in [2.45, 2.75) is 12.5 Å². The van der Waals surface area contributed by atoms with Gasteiger partial charge in [-0.2, -0.15) is 0 Å². The van der Waals surface area contributed by atoms with E-state index in [9.17, 15) is 0 Å². The second-order valence-corrected chi connectivity index (χ2v) is 4.40. The van der Waals surface area contributed by atoms with Crippen molar-refractivity contribution in [1.29, 1.82) is 0 Å². The van der Waals surface area contributed by atoms with Crippen LogP contribution in [0.5, 0.6) is 0 Å². The first-order valence-electron chi connectivity index (χ1n) is 4.58. The number of hydrogen-bond donors (Lipinski definition) is 0. The van der Waals surface area contributed by atoms with E-state index >= 15 is 0 Å². The highest BCUT2D eigenvalue weighted by molar-refractivity contribution is 4.66. The quantitative estimate of drug-likeness (QED) is 0.274. The van der Waals surface area contributed by atoms with Crippen LogP contribution in [0.25, 0.3) is 0 Å². The first-order chi connectivity index (χ1) is 5.58. The number of halogens is 1. The molecule has 0 radical (unpaired) electrons. The fourth-order valence-electron chi connectivity index (χ4n) is 1.02. The monoisotopic (exact) mass is 209 g/mol. The lowest BCUT2D eigenvalue weighted by molar-refractivity contribution is -0.870. The molecule has 0 bridgehead atoms. The SMILES string of the molecule is C[N+](C)(C)CCCOCC1CO1.[Cl-]. The highest BCUT2D eigenvalue weighted by Crippen LogP contribution is 2.08. The molecule has 3 nitrogen and oxygen atoms in total. The molecule has 1 saturated heterocycles. The average Bonchev–Trinajstić information content (AvgIpc) is 2.68. The standard InChI is InChI=1S/C9H20NO2.ClH/c1-10(2,3)5-4-6-11-7-9-8-12-9;/h9H,4-8H2,1-3H3;1H/q+1;/p-1. The molecule has 1 rings (SSSR count). The lowest BCUT2D eigenvalue weighted by Crippen LogP contribution is -3.00. The molecule has 0 saturated carbocycles. The largest absolute Gasteiger partial charge is 1.00 e. The Bertz CT molecular complexity index is 132. The zero-order chi connectivity index (χ0) is 9.03. The Kier molecular flexibility index (Phi) is 5.88. The number of quaternary nitrogens is 1. The van der Waals surface area contributed by atoms with Gasteiger partial charge in [-0.05, 0) is 0 Å². The van der Waals surface area contributed by atoms with Gasteiger partial charge in [0.2, 0.25) is 0 Å². The fraction of sp³-hybridized carbons (Fsp3) is 1.00. The number of ether oxygens (including phenoxy) is 2. The van der Waals surface area contributed by atoms with Crippen LogP contribution in [0.3, 0.4) is 0 Å². The molecule has 0 aromatic heterocycles. The zero-order valence-electron chi connectivity index (χ0n) is 8.75. The summed E-state index contributed by atoms with van der Waals surface area (Å²) in [4.78, 5) is 0. The van der Waals surface area contributed by atoms with Crippen molar-refractivity contribution < 1.29 is 26.4 Å². The molecule has 0 aromatic rings. The van der Waals surface area contributed by atoms with Gasteiger partial charge in [0.15, 0.2) is 0 Å². The Morgan fingerprint density at radius 2 is 2.00 bits per heavy atom. The summed E-state index contributed by atoms with van der Waals surface area (Å²) < 4.78 is 11.5. The van der Waals surface area contributed by atoms with Crippen molar-refractivity contribution in [3.05, 3.63) is 0 Å². The molecule has 1 aliphatic rings. The fourth-order valence-corrected chi connectivity index (χ4v) is 1.02. The van der Waals surface area contributed by atoms with Gasteiger partial charge in [-0.1, -0.05) is 0 Å². The number of nitrogens with zero attached hydrogens (tertiary/aromatic N) is 1. The predicted molar refractivity (Wildman–Crippen MR) is 48.1 cm³/mol. The van der Waals surface area contributed by atoms with E-state index in [0.29, 0.717) is 6.10 Å². The molecule has 1 heterocycles. The summed E-state index contributed by atoms with van der Waals surface area (Å²) in [7, 11) is 6.60. The van der Waals surface area contributed by atoms with Crippen molar-refractivity contribution in [2.24, 2.45) is 0 Å². The van der Waals surface area contributed by atoms with Crippen LogP contribution in [-0.4, -0.2) is 58.1 Å². The van der Waals surface area contributed by atoms with Crippen LogP contribution in [0.2, 0.25) is 0 Å². The van der Waals surface area contributed by atoms with E-state index in [2.05, 4.69) is 21.1 Å². The highest BCUT2D eigenvalue weighted by Gasteiger charge is 2.22. The van der Waals surface area contributed by atoms with Crippen molar-refractivity contribution >= 4 is 0 Å². The Balaban J connectivity index is 0.00000144. The Morgan fingerprint density at radius 1 is 1.38 bits per heavy atom. The smallest absolute Gasteiger partial charge is 0.104 e. The molecule has 1 aliphatic heterocycles. The Labute approximate surface area is 87.0 Å². The third-order valence-electron chi connectivity index (χ3n) is 1.82. The summed E-state index contributed by atoms with van der Waals surface area (Å²) >= 11 is 0. The summed E-state index contributed by atoms with van der Waals surface area (Å²) in [6, 6.07) is 0. The lowest BCUT2D eigenvalue weighted by atomic mass is 10.4. The van der Waals surface area contributed by atoms with Gasteiger partial charge in [-0.3, -0.25) is 0 Å². The normalized spacial score (nSPS) is 21.0. The molecular formula is C9H20ClNO2. The molecule has 0 amide bonds. The van der Waals surface area contributed by atoms with E-state index in [1.54, 1.807) is 0 Å². The molecule has 0 aliphatic carbocycles. The zero-order valence-corrected chi connectivity index (χ0v) is 9.51. The van der Waals surface area contributed by atoms with Gasteiger partial charge in [-0.15, -0.1) is 0 Å². The van der Waals surface area contributed by atoms with Crippen molar-refractivity contribution in [1.82, 2.24) is 0 Å². The number of hydrogen-bond acceptors (Lipinski definition) is 2. The molecule has 0 spiro atoms. The molecular weight excluding hydrogens is 190 g/mol. The maximum absolute atomic E-state index is 5.42. The Morgan fingerprint density at radius 3 is 2.46 bits per heavy atom. The maximum atomic E-state index is 5.42. The number of epoxide rings is 1. The van der Waals surface area contributed by atoms with Crippen LogP contribution in [0.4, 0.5) is 0 Å². The molecule has 1 atom stereocenters. The maximum Gasteiger partial charge on any atom is 0.104 e. The predicted octanol–water partition coefficient (Wildman–Crippen LogP) is -2.50. The van der Waals surface area contributed by atoms with Crippen LogP contribution in [0.15, 0.2) is 0 Å². The van der Waals surface area contributed by atoms with Crippen molar-refractivity contribution in [2.75, 3.05) is 47.5 Å². The summed E-state index contributed by atoms with van der Waals surface area (Å²) in [6.45, 7) is 3.73. The van der Waals surface area contributed by atoms with Crippen LogP contribution in [0, 0.1) is 0 Å². The molecule has 13 heavy (non-hydrogen) atoms. The molecule has 80 valence electrons. The topological polar surface area (TPSA) is 21.8 Å². The lowest BCUT2D eigenvalue weighted by Gasteiger charge is -2.23. The van der Waals surface area contributed by atoms with E-state index in [1.807, 2.05) is 0 Å². The van der Waals surface area contributed by atoms with Gasteiger partial charge < -0.3 is 26.4 Å². The van der Waals surface area contributed by atoms with Gasteiger partial charge in [0.1, 0.15) is 6.10 Å². The first-order valence-corrected chi connectivity index (χ1v) is 4.58. The van der Waals surface area contributed by atoms with Gasteiger partial charge >= 0.3 is 0 Å². The van der Waals surface area contributed by atoms with E-state index in [4.69, 9.17) is 9.47 Å². The number of rotatable bonds is 6. The van der Waals surface area contributed by atoms with E-state index in [0.717, 1.165) is 30.7 Å². The highest BCUT2D eigenvalue weighted by atomic mass is 35.5. The second-order valence-electron chi connectivity index (χ2n) is 4.40. The Hall–Kier alpha value is 0.170. The van der Waals surface area contributed by atoms with Crippen LogP contribution in [0.1, 0.15) is 6.42 Å². The summed E-state index contributed by atoms with van der Waals surface area (Å²) in [5.41, 5.74) is 0. The third kappa shape index (κ3) is 8.50. The van der Waals surface area contributed by atoms with Crippen LogP contribution in [-0.2, 0) is 9.47 Å². The van der Waals surface area contributed by atoms with Gasteiger partial charge in [0, 0.05) is 6.42 Å². The van der Waals surface area contributed by atoms with Gasteiger partial charge in [-0.25, -0.2) is 0 Å². The minimum Gasteiger partial charge on any atom is -1.00 e. The van der Waals surface area contributed by atoms with Crippen LogP contribution >= 0.6 is 0 Å².